The zero-order valence-electron chi connectivity index (χ0n) is 20.1. The molecule has 0 aliphatic rings. The fourth-order valence-corrected chi connectivity index (χ4v) is 4.01. The number of methoxy groups -OCH3 is 2. The number of ether oxygens (including phenoxy) is 2. The number of hydrogen-bond donors (Lipinski definition) is 0. The summed E-state index contributed by atoms with van der Waals surface area (Å²) in [6.45, 7) is 3.75. The number of aromatic nitrogens is 2. The predicted octanol–water partition coefficient (Wildman–Crippen LogP) is 4.07. The van der Waals surface area contributed by atoms with Gasteiger partial charge in [0.1, 0.15) is 5.82 Å². The summed E-state index contributed by atoms with van der Waals surface area (Å²) in [6.07, 6.45) is 4.68. The molecule has 0 radical (unpaired) electrons. The highest BCUT2D eigenvalue weighted by molar-refractivity contribution is 5.92. The van der Waals surface area contributed by atoms with Gasteiger partial charge < -0.3 is 14.4 Å². The standard InChI is InChI=1S/C27H33N3O4/c1-4-24(26-28-23-14-9-8-13-22(23)27(32)30(26)18-20-34-3)29(17-10-19-33-2)25(31)16-15-21-11-6-5-7-12-21/h5-9,11-16,24H,4,10,17-20H2,1-3H3/b16-15+. The topological polar surface area (TPSA) is 73.7 Å². The second-order valence-electron chi connectivity index (χ2n) is 7.98. The van der Waals surface area contributed by atoms with Crippen molar-refractivity contribution in [1.29, 1.82) is 0 Å². The molecule has 1 atom stereocenters. The minimum Gasteiger partial charge on any atom is -0.385 e. The number of carbonyl (C=O) groups is 1. The molecule has 2 aromatic carbocycles. The van der Waals surface area contributed by atoms with Crippen molar-refractivity contribution in [1.82, 2.24) is 14.5 Å². The smallest absolute Gasteiger partial charge is 0.261 e. The van der Waals surface area contributed by atoms with Crippen molar-refractivity contribution < 1.29 is 14.3 Å². The lowest BCUT2D eigenvalue weighted by Gasteiger charge is -2.31. The molecule has 0 fully saturated rings. The van der Waals surface area contributed by atoms with Gasteiger partial charge in [-0.3, -0.25) is 14.2 Å². The van der Waals surface area contributed by atoms with E-state index in [1.165, 1.54) is 0 Å². The molecule has 34 heavy (non-hydrogen) atoms. The highest BCUT2D eigenvalue weighted by atomic mass is 16.5. The first-order valence-corrected chi connectivity index (χ1v) is 11.6. The van der Waals surface area contributed by atoms with Gasteiger partial charge in [0.05, 0.1) is 30.1 Å². The lowest BCUT2D eigenvalue weighted by atomic mass is 10.1. The van der Waals surface area contributed by atoms with Crippen molar-refractivity contribution in [2.45, 2.75) is 32.4 Å². The zero-order chi connectivity index (χ0) is 24.3. The van der Waals surface area contributed by atoms with Gasteiger partial charge in [-0.1, -0.05) is 49.4 Å². The molecule has 0 saturated heterocycles. The predicted molar refractivity (Wildman–Crippen MR) is 135 cm³/mol. The lowest BCUT2D eigenvalue weighted by molar-refractivity contribution is -0.129. The molecule has 1 aromatic heterocycles. The number of benzene rings is 2. The van der Waals surface area contributed by atoms with E-state index in [1.54, 1.807) is 35.8 Å². The van der Waals surface area contributed by atoms with Gasteiger partial charge in [0, 0.05) is 33.4 Å². The Kier molecular flexibility index (Phi) is 9.55. The minimum atomic E-state index is -0.376. The van der Waals surface area contributed by atoms with Crippen molar-refractivity contribution in [3.05, 3.63) is 82.4 Å². The van der Waals surface area contributed by atoms with Gasteiger partial charge in [-0.2, -0.15) is 0 Å². The number of rotatable bonds is 12. The van der Waals surface area contributed by atoms with Gasteiger partial charge in [-0.05, 0) is 36.6 Å². The summed E-state index contributed by atoms with van der Waals surface area (Å²) < 4.78 is 12.1. The summed E-state index contributed by atoms with van der Waals surface area (Å²) in [7, 11) is 3.25. The van der Waals surface area contributed by atoms with E-state index in [9.17, 15) is 9.59 Å². The largest absolute Gasteiger partial charge is 0.385 e. The summed E-state index contributed by atoms with van der Waals surface area (Å²) in [5.41, 5.74) is 1.44. The van der Waals surface area contributed by atoms with Crippen LogP contribution < -0.4 is 5.56 Å². The molecule has 0 aliphatic carbocycles. The van der Waals surface area contributed by atoms with Crippen molar-refractivity contribution in [2.75, 3.05) is 34.0 Å². The van der Waals surface area contributed by atoms with Gasteiger partial charge >= 0.3 is 0 Å². The van der Waals surface area contributed by atoms with Crippen molar-refractivity contribution in [2.24, 2.45) is 0 Å². The Morgan fingerprint density at radius 1 is 1.06 bits per heavy atom. The lowest BCUT2D eigenvalue weighted by Crippen LogP contribution is -2.39. The summed E-state index contributed by atoms with van der Waals surface area (Å²) in [5, 5.41) is 0.554. The molecule has 1 heterocycles. The molecule has 180 valence electrons. The summed E-state index contributed by atoms with van der Waals surface area (Å²) in [5.74, 6) is 0.439. The number of hydrogen-bond acceptors (Lipinski definition) is 5. The zero-order valence-corrected chi connectivity index (χ0v) is 20.1. The SMILES string of the molecule is CCC(c1nc2ccccc2c(=O)n1CCOC)N(CCCOC)C(=O)/C=C/c1ccccc1. The number of carbonyl (C=O) groups excluding carboxylic acids is 1. The van der Waals surface area contributed by atoms with Gasteiger partial charge in [-0.25, -0.2) is 4.98 Å². The third kappa shape index (κ3) is 6.18. The Hall–Kier alpha value is -3.29. The van der Waals surface area contributed by atoms with E-state index in [4.69, 9.17) is 14.5 Å². The molecule has 0 N–H and O–H groups in total. The molecule has 3 rings (SSSR count). The molecule has 0 saturated carbocycles. The van der Waals surface area contributed by atoms with Crippen molar-refractivity contribution in [3.63, 3.8) is 0 Å². The van der Waals surface area contributed by atoms with Gasteiger partial charge in [-0.15, -0.1) is 0 Å². The van der Waals surface area contributed by atoms with Crippen LogP contribution in [0.4, 0.5) is 0 Å². The first-order chi connectivity index (χ1) is 16.6. The summed E-state index contributed by atoms with van der Waals surface area (Å²) in [6, 6.07) is 16.6. The van der Waals surface area contributed by atoms with Crippen molar-refractivity contribution >= 4 is 22.9 Å². The van der Waals surface area contributed by atoms with Crippen LogP contribution in [0.15, 0.2) is 65.5 Å². The second-order valence-corrected chi connectivity index (χ2v) is 7.98. The number of fused-ring (bicyclic) bond motifs is 1. The van der Waals surface area contributed by atoms with E-state index in [0.29, 0.717) is 55.9 Å². The number of para-hydroxylation sites is 1. The average Bonchev–Trinajstić information content (AvgIpc) is 2.87. The van der Waals surface area contributed by atoms with Crippen LogP contribution in [0.1, 0.15) is 37.2 Å². The van der Waals surface area contributed by atoms with E-state index in [1.807, 2.05) is 61.5 Å². The molecular weight excluding hydrogens is 430 g/mol. The van der Waals surface area contributed by atoms with E-state index >= 15 is 0 Å². The van der Waals surface area contributed by atoms with Gasteiger partial charge in [0.25, 0.3) is 5.56 Å². The number of amides is 1. The molecule has 7 heteroatoms. The fraction of sp³-hybridized carbons (Fsp3) is 0.370. The maximum atomic E-state index is 13.4. The van der Waals surface area contributed by atoms with E-state index in [-0.39, 0.29) is 17.5 Å². The normalized spacial score (nSPS) is 12.3. The molecular formula is C27H33N3O4. The van der Waals surface area contributed by atoms with E-state index < -0.39 is 0 Å². The monoisotopic (exact) mass is 463 g/mol. The van der Waals surface area contributed by atoms with Crippen LogP contribution in [0, 0.1) is 0 Å². The summed E-state index contributed by atoms with van der Waals surface area (Å²) >= 11 is 0. The molecule has 1 unspecified atom stereocenters. The van der Waals surface area contributed by atoms with Crippen LogP contribution in [0.3, 0.4) is 0 Å². The Labute approximate surface area is 200 Å². The molecule has 1 amide bonds. The van der Waals surface area contributed by atoms with Crippen LogP contribution in [0.25, 0.3) is 17.0 Å². The van der Waals surface area contributed by atoms with E-state index in [0.717, 1.165) is 5.56 Å². The van der Waals surface area contributed by atoms with Crippen LogP contribution in [0.5, 0.6) is 0 Å². The quantitative estimate of drug-likeness (QED) is 0.299. The molecule has 7 nitrogen and oxygen atoms in total. The maximum Gasteiger partial charge on any atom is 0.261 e. The maximum absolute atomic E-state index is 13.4. The molecule has 3 aromatic rings. The molecule has 0 aliphatic heterocycles. The van der Waals surface area contributed by atoms with Crippen LogP contribution in [0.2, 0.25) is 0 Å². The van der Waals surface area contributed by atoms with Crippen LogP contribution >= 0.6 is 0 Å². The highest BCUT2D eigenvalue weighted by Gasteiger charge is 2.27. The Morgan fingerprint density at radius 3 is 2.47 bits per heavy atom. The Bertz CT molecular complexity index is 1160. The summed E-state index contributed by atoms with van der Waals surface area (Å²) in [4.78, 5) is 33.4. The van der Waals surface area contributed by atoms with Gasteiger partial charge in [0.15, 0.2) is 0 Å². The average molecular weight is 464 g/mol. The van der Waals surface area contributed by atoms with Crippen molar-refractivity contribution in [3.8, 4) is 0 Å². The first kappa shape index (κ1) is 25.3. The molecule has 0 spiro atoms. The second kappa shape index (κ2) is 12.8. The van der Waals surface area contributed by atoms with Crippen LogP contribution in [-0.2, 0) is 20.8 Å². The minimum absolute atomic E-state index is 0.125. The first-order valence-electron chi connectivity index (χ1n) is 11.6. The van der Waals surface area contributed by atoms with Crippen LogP contribution in [-0.4, -0.2) is 54.3 Å². The third-order valence-electron chi connectivity index (χ3n) is 5.72. The number of nitrogens with zero attached hydrogens (tertiary/aromatic N) is 3. The van der Waals surface area contributed by atoms with E-state index in [2.05, 4.69) is 0 Å². The highest BCUT2D eigenvalue weighted by Crippen LogP contribution is 2.25. The molecule has 0 bridgehead atoms. The van der Waals surface area contributed by atoms with Gasteiger partial charge in [0.2, 0.25) is 5.91 Å². The fourth-order valence-electron chi connectivity index (χ4n) is 4.01. The Morgan fingerprint density at radius 2 is 1.76 bits per heavy atom. The Balaban J connectivity index is 2.05. The third-order valence-corrected chi connectivity index (χ3v) is 5.72.